The predicted octanol–water partition coefficient (Wildman–Crippen LogP) is 2.54. The molecule has 7 heteroatoms. The van der Waals surface area contributed by atoms with Crippen molar-refractivity contribution in [2.75, 3.05) is 37.0 Å². The lowest BCUT2D eigenvalue weighted by Gasteiger charge is -2.29. The summed E-state index contributed by atoms with van der Waals surface area (Å²) in [5, 5.41) is 6.07. The van der Waals surface area contributed by atoms with Crippen molar-refractivity contribution in [3.8, 4) is 5.75 Å². The zero-order valence-corrected chi connectivity index (χ0v) is 14.5. The van der Waals surface area contributed by atoms with Gasteiger partial charge in [0.25, 0.3) is 5.91 Å². The number of benzene rings is 2. The topological polar surface area (TPSA) is 70.7 Å². The molecule has 0 aromatic heterocycles. The second-order valence-electron chi connectivity index (χ2n) is 5.59. The number of halogens is 1. The molecule has 1 saturated heterocycles. The van der Waals surface area contributed by atoms with Crippen LogP contribution in [0.15, 0.2) is 42.5 Å². The molecule has 130 valence electrons. The average molecular weight is 360 g/mol. The number of carbonyl (C=O) groups excluding carboxylic acids is 2. The number of amides is 2. The van der Waals surface area contributed by atoms with Crippen molar-refractivity contribution < 1.29 is 14.3 Å². The number of nitrogens with zero attached hydrogens (tertiary/aromatic N) is 1. The maximum absolute atomic E-state index is 12.4. The van der Waals surface area contributed by atoms with Gasteiger partial charge in [0.05, 0.1) is 29.9 Å². The number of para-hydroxylation sites is 1. The maximum atomic E-state index is 12.4. The van der Waals surface area contributed by atoms with Gasteiger partial charge in [0.2, 0.25) is 5.91 Å². The van der Waals surface area contributed by atoms with Gasteiger partial charge >= 0.3 is 0 Å². The van der Waals surface area contributed by atoms with Crippen molar-refractivity contribution in [3.63, 3.8) is 0 Å². The smallest absolute Gasteiger partial charge is 0.259 e. The van der Waals surface area contributed by atoms with Crippen LogP contribution in [0.5, 0.6) is 5.75 Å². The summed E-state index contributed by atoms with van der Waals surface area (Å²) in [5.74, 6) is 0.191. The Hall–Kier alpha value is -2.73. The largest absolute Gasteiger partial charge is 0.496 e. The summed E-state index contributed by atoms with van der Waals surface area (Å²) in [4.78, 5) is 25.9. The Morgan fingerprint density at radius 1 is 1.28 bits per heavy atom. The van der Waals surface area contributed by atoms with Gasteiger partial charge in [0, 0.05) is 18.8 Å². The third kappa shape index (κ3) is 3.85. The Morgan fingerprint density at radius 2 is 2.08 bits per heavy atom. The van der Waals surface area contributed by atoms with E-state index in [1.165, 1.54) is 7.11 Å². The number of rotatable bonds is 4. The standard InChI is InChI=1S/C18H18ClN3O3/c1-25-16-5-3-2-4-13(16)18(24)21-12-6-7-15(14(19)10-12)22-9-8-20-17(23)11-22/h2-7,10H,8-9,11H2,1H3,(H,20,23)(H,21,24). The Labute approximate surface area is 150 Å². The zero-order valence-electron chi connectivity index (χ0n) is 13.7. The van der Waals surface area contributed by atoms with E-state index < -0.39 is 0 Å². The molecule has 2 N–H and O–H groups in total. The molecule has 0 spiro atoms. The summed E-state index contributed by atoms with van der Waals surface area (Å²) >= 11 is 6.35. The normalized spacial score (nSPS) is 14.0. The summed E-state index contributed by atoms with van der Waals surface area (Å²) in [5.41, 5.74) is 1.79. The Kier molecular flexibility index (Phi) is 5.09. The van der Waals surface area contributed by atoms with Gasteiger partial charge in [0.1, 0.15) is 5.75 Å². The van der Waals surface area contributed by atoms with E-state index in [1.54, 1.807) is 42.5 Å². The Balaban J connectivity index is 1.76. The SMILES string of the molecule is COc1ccccc1C(=O)Nc1ccc(N2CCNC(=O)C2)c(Cl)c1. The number of hydrogen-bond acceptors (Lipinski definition) is 4. The van der Waals surface area contributed by atoms with Crippen LogP contribution in [0.3, 0.4) is 0 Å². The van der Waals surface area contributed by atoms with Crippen LogP contribution < -0.4 is 20.3 Å². The first-order valence-electron chi connectivity index (χ1n) is 7.84. The van der Waals surface area contributed by atoms with E-state index in [4.69, 9.17) is 16.3 Å². The van der Waals surface area contributed by atoms with E-state index >= 15 is 0 Å². The van der Waals surface area contributed by atoms with Crippen LogP contribution in [-0.4, -0.2) is 38.6 Å². The highest BCUT2D eigenvalue weighted by atomic mass is 35.5. The van der Waals surface area contributed by atoms with Gasteiger partial charge in [-0.05, 0) is 30.3 Å². The molecule has 25 heavy (non-hydrogen) atoms. The third-order valence-electron chi connectivity index (χ3n) is 3.94. The number of ether oxygens (including phenoxy) is 1. The molecule has 0 radical (unpaired) electrons. The quantitative estimate of drug-likeness (QED) is 0.880. The van der Waals surface area contributed by atoms with Crippen LogP contribution in [0.1, 0.15) is 10.4 Å². The van der Waals surface area contributed by atoms with E-state index in [9.17, 15) is 9.59 Å². The van der Waals surface area contributed by atoms with Gasteiger partial charge < -0.3 is 20.3 Å². The second kappa shape index (κ2) is 7.44. The van der Waals surface area contributed by atoms with E-state index in [1.807, 2.05) is 4.90 Å². The van der Waals surface area contributed by atoms with Crippen LogP contribution in [0.2, 0.25) is 5.02 Å². The zero-order chi connectivity index (χ0) is 17.8. The number of nitrogens with one attached hydrogen (secondary N) is 2. The van der Waals surface area contributed by atoms with Gasteiger partial charge in [0.15, 0.2) is 0 Å². The Bertz CT molecular complexity index is 810. The minimum atomic E-state index is -0.279. The van der Waals surface area contributed by atoms with Crippen LogP contribution in [0.25, 0.3) is 0 Å². The number of hydrogen-bond donors (Lipinski definition) is 2. The monoisotopic (exact) mass is 359 g/mol. The first-order valence-corrected chi connectivity index (χ1v) is 8.22. The van der Waals surface area contributed by atoms with Crippen molar-refractivity contribution in [2.24, 2.45) is 0 Å². The molecule has 1 fully saturated rings. The number of anilines is 2. The highest BCUT2D eigenvalue weighted by molar-refractivity contribution is 6.33. The molecule has 3 rings (SSSR count). The van der Waals surface area contributed by atoms with Crippen LogP contribution >= 0.6 is 11.6 Å². The molecule has 2 amide bonds. The molecular weight excluding hydrogens is 342 g/mol. The maximum Gasteiger partial charge on any atom is 0.259 e. The second-order valence-corrected chi connectivity index (χ2v) is 6.00. The first-order chi connectivity index (χ1) is 12.1. The molecule has 0 unspecified atom stereocenters. The summed E-state index contributed by atoms with van der Waals surface area (Å²) in [6, 6.07) is 12.2. The predicted molar refractivity (Wildman–Crippen MR) is 97.6 cm³/mol. The van der Waals surface area contributed by atoms with Gasteiger partial charge in [-0.2, -0.15) is 0 Å². The van der Waals surface area contributed by atoms with Crippen molar-refractivity contribution >= 4 is 34.8 Å². The molecule has 6 nitrogen and oxygen atoms in total. The van der Waals surface area contributed by atoms with Crippen molar-refractivity contribution in [1.82, 2.24) is 5.32 Å². The molecule has 2 aromatic carbocycles. The lowest BCUT2D eigenvalue weighted by molar-refractivity contribution is -0.120. The summed E-state index contributed by atoms with van der Waals surface area (Å²) < 4.78 is 5.20. The minimum absolute atomic E-state index is 0.0316. The van der Waals surface area contributed by atoms with Gasteiger partial charge in [-0.3, -0.25) is 9.59 Å². The molecule has 0 aliphatic carbocycles. The van der Waals surface area contributed by atoms with E-state index in [-0.39, 0.29) is 18.4 Å². The number of methoxy groups -OCH3 is 1. The van der Waals surface area contributed by atoms with Crippen molar-refractivity contribution in [1.29, 1.82) is 0 Å². The molecule has 1 heterocycles. The van der Waals surface area contributed by atoms with Gasteiger partial charge in [-0.15, -0.1) is 0 Å². The molecule has 1 aliphatic heterocycles. The summed E-state index contributed by atoms with van der Waals surface area (Å²) in [6.45, 7) is 1.55. The molecule has 0 saturated carbocycles. The van der Waals surface area contributed by atoms with Crippen LogP contribution in [0, 0.1) is 0 Å². The molecule has 0 atom stereocenters. The lowest BCUT2D eigenvalue weighted by Crippen LogP contribution is -2.47. The van der Waals surface area contributed by atoms with Crippen LogP contribution in [-0.2, 0) is 4.79 Å². The Morgan fingerprint density at radius 3 is 2.80 bits per heavy atom. The molecular formula is C18H18ClN3O3. The summed E-state index contributed by atoms with van der Waals surface area (Å²) in [6.07, 6.45) is 0. The fraction of sp³-hybridized carbons (Fsp3) is 0.222. The molecule has 1 aliphatic rings. The number of carbonyl (C=O) groups is 2. The van der Waals surface area contributed by atoms with Crippen molar-refractivity contribution in [2.45, 2.75) is 0 Å². The fourth-order valence-electron chi connectivity index (χ4n) is 2.72. The first kappa shape index (κ1) is 17.1. The summed E-state index contributed by atoms with van der Waals surface area (Å²) in [7, 11) is 1.52. The molecule has 0 bridgehead atoms. The third-order valence-corrected chi connectivity index (χ3v) is 4.24. The van der Waals surface area contributed by atoms with E-state index in [2.05, 4.69) is 10.6 Å². The van der Waals surface area contributed by atoms with Gasteiger partial charge in [-0.1, -0.05) is 23.7 Å². The van der Waals surface area contributed by atoms with E-state index in [0.29, 0.717) is 35.1 Å². The van der Waals surface area contributed by atoms with Crippen LogP contribution in [0.4, 0.5) is 11.4 Å². The molecule has 2 aromatic rings. The van der Waals surface area contributed by atoms with E-state index in [0.717, 1.165) is 5.69 Å². The highest BCUT2D eigenvalue weighted by Crippen LogP contribution is 2.30. The number of piperazine rings is 1. The fourth-order valence-corrected chi connectivity index (χ4v) is 3.02. The minimum Gasteiger partial charge on any atom is -0.496 e. The van der Waals surface area contributed by atoms with Crippen molar-refractivity contribution in [3.05, 3.63) is 53.1 Å². The highest BCUT2D eigenvalue weighted by Gasteiger charge is 2.19. The van der Waals surface area contributed by atoms with Gasteiger partial charge in [-0.25, -0.2) is 0 Å². The lowest BCUT2D eigenvalue weighted by atomic mass is 10.1. The average Bonchev–Trinajstić information content (AvgIpc) is 2.61.